The molecule has 0 radical (unpaired) electrons. The molecule has 19 heavy (non-hydrogen) atoms. The second-order valence-corrected chi connectivity index (χ2v) is 5.14. The van der Waals surface area contributed by atoms with E-state index in [0.717, 1.165) is 39.0 Å². The molecule has 0 aliphatic carbocycles. The highest BCUT2D eigenvalue weighted by Gasteiger charge is 2.21. The minimum absolute atomic E-state index is 0.165. The van der Waals surface area contributed by atoms with E-state index >= 15 is 0 Å². The molecule has 0 aromatic heterocycles. The van der Waals surface area contributed by atoms with Gasteiger partial charge in [0.05, 0.1) is 6.10 Å². The normalized spacial score (nSPS) is 20.6. The SMILES string of the molecule is CCCOC1CCCN(Cc2cc(F)ccc2O)C1. The molecule has 1 aromatic carbocycles. The third-order valence-corrected chi connectivity index (χ3v) is 3.46. The summed E-state index contributed by atoms with van der Waals surface area (Å²) in [5.41, 5.74) is 0.649. The first-order valence-electron chi connectivity index (χ1n) is 7.00. The van der Waals surface area contributed by atoms with Gasteiger partial charge in [-0.3, -0.25) is 4.90 Å². The molecular formula is C15H22FNO2. The molecule has 1 atom stereocenters. The van der Waals surface area contributed by atoms with Crippen LogP contribution in [-0.2, 0) is 11.3 Å². The first-order chi connectivity index (χ1) is 9.19. The van der Waals surface area contributed by atoms with Gasteiger partial charge in [0.1, 0.15) is 11.6 Å². The maximum absolute atomic E-state index is 13.2. The number of nitrogens with zero attached hydrogens (tertiary/aromatic N) is 1. The van der Waals surface area contributed by atoms with Gasteiger partial charge in [-0.2, -0.15) is 0 Å². The summed E-state index contributed by atoms with van der Waals surface area (Å²) in [4.78, 5) is 2.22. The van der Waals surface area contributed by atoms with Gasteiger partial charge < -0.3 is 9.84 Å². The Hall–Kier alpha value is -1.13. The molecule has 1 aromatic rings. The summed E-state index contributed by atoms with van der Waals surface area (Å²) >= 11 is 0. The Morgan fingerprint density at radius 2 is 2.32 bits per heavy atom. The average Bonchev–Trinajstić information content (AvgIpc) is 2.41. The average molecular weight is 267 g/mol. The molecule has 1 fully saturated rings. The maximum Gasteiger partial charge on any atom is 0.123 e. The van der Waals surface area contributed by atoms with Crippen molar-refractivity contribution in [1.82, 2.24) is 4.90 Å². The van der Waals surface area contributed by atoms with E-state index in [1.807, 2.05) is 0 Å². The third kappa shape index (κ3) is 4.18. The summed E-state index contributed by atoms with van der Waals surface area (Å²) < 4.78 is 19.0. The van der Waals surface area contributed by atoms with E-state index in [1.54, 1.807) is 0 Å². The fourth-order valence-corrected chi connectivity index (χ4v) is 2.50. The van der Waals surface area contributed by atoms with Crippen molar-refractivity contribution in [3.63, 3.8) is 0 Å². The molecule has 1 heterocycles. The predicted molar refractivity (Wildman–Crippen MR) is 72.6 cm³/mol. The first-order valence-corrected chi connectivity index (χ1v) is 7.00. The number of ether oxygens (including phenoxy) is 1. The molecule has 1 saturated heterocycles. The molecule has 0 saturated carbocycles. The number of phenolic OH excluding ortho intramolecular Hbond substituents is 1. The van der Waals surface area contributed by atoms with Gasteiger partial charge in [-0.05, 0) is 44.0 Å². The van der Waals surface area contributed by atoms with Crippen molar-refractivity contribution >= 4 is 0 Å². The van der Waals surface area contributed by atoms with E-state index in [2.05, 4.69) is 11.8 Å². The van der Waals surface area contributed by atoms with Gasteiger partial charge in [-0.1, -0.05) is 6.92 Å². The number of phenols is 1. The Labute approximate surface area is 114 Å². The Bertz CT molecular complexity index is 411. The van der Waals surface area contributed by atoms with Crippen LogP contribution in [0.3, 0.4) is 0 Å². The number of hydrogen-bond acceptors (Lipinski definition) is 3. The van der Waals surface area contributed by atoms with Crippen molar-refractivity contribution in [2.24, 2.45) is 0 Å². The molecule has 1 unspecified atom stereocenters. The van der Waals surface area contributed by atoms with Crippen molar-refractivity contribution in [1.29, 1.82) is 0 Å². The Morgan fingerprint density at radius 1 is 1.47 bits per heavy atom. The van der Waals surface area contributed by atoms with E-state index in [-0.39, 0.29) is 17.7 Å². The van der Waals surface area contributed by atoms with E-state index in [4.69, 9.17) is 4.74 Å². The first kappa shape index (κ1) is 14.3. The molecule has 1 aliphatic rings. The summed E-state index contributed by atoms with van der Waals surface area (Å²) in [5, 5.41) is 9.75. The molecule has 0 bridgehead atoms. The largest absolute Gasteiger partial charge is 0.508 e. The van der Waals surface area contributed by atoms with Crippen LogP contribution in [-0.4, -0.2) is 35.8 Å². The number of piperidine rings is 1. The Balaban J connectivity index is 1.93. The number of halogens is 1. The number of aromatic hydroxyl groups is 1. The van der Waals surface area contributed by atoms with Crippen molar-refractivity contribution in [3.8, 4) is 5.75 Å². The molecule has 4 heteroatoms. The van der Waals surface area contributed by atoms with Crippen molar-refractivity contribution < 1.29 is 14.2 Å². The van der Waals surface area contributed by atoms with E-state index in [1.165, 1.54) is 18.2 Å². The third-order valence-electron chi connectivity index (χ3n) is 3.46. The smallest absolute Gasteiger partial charge is 0.123 e. The standard InChI is InChI=1S/C15H22FNO2/c1-2-8-19-14-4-3-7-17(11-14)10-12-9-13(16)5-6-15(12)18/h5-6,9,14,18H,2-4,7-8,10-11H2,1H3. The summed E-state index contributed by atoms with van der Waals surface area (Å²) in [5.74, 6) is -0.137. The van der Waals surface area contributed by atoms with Crippen molar-refractivity contribution in [2.45, 2.75) is 38.8 Å². The summed E-state index contributed by atoms with van der Waals surface area (Å²) in [6.07, 6.45) is 3.47. The molecule has 3 nitrogen and oxygen atoms in total. The summed E-state index contributed by atoms with van der Waals surface area (Å²) in [6.45, 7) is 5.31. The lowest BCUT2D eigenvalue weighted by Gasteiger charge is -2.32. The maximum atomic E-state index is 13.2. The lowest BCUT2D eigenvalue weighted by molar-refractivity contribution is -0.00240. The molecular weight excluding hydrogens is 245 g/mol. The van der Waals surface area contributed by atoms with Crippen LogP contribution >= 0.6 is 0 Å². The monoisotopic (exact) mass is 267 g/mol. The summed E-state index contributed by atoms with van der Waals surface area (Å²) in [6, 6.07) is 4.10. The molecule has 1 N–H and O–H groups in total. The van der Waals surface area contributed by atoms with Crippen LogP contribution in [0.25, 0.3) is 0 Å². The summed E-state index contributed by atoms with van der Waals surface area (Å²) in [7, 11) is 0. The van der Waals surface area contributed by atoms with Crippen LogP contribution in [0.2, 0.25) is 0 Å². The van der Waals surface area contributed by atoms with Gasteiger partial charge in [0.25, 0.3) is 0 Å². The highest BCUT2D eigenvalue weighted by atomic mass is 19.1. The van der Waals surface area contributed by atoms with Crippen LogP contribution in [0.4, 0.5) is 4.39 Å². The molecule has 0 spiro atoms. The second-order valence-electron chi connectivity index (χ2n) is 5.14. The quantitative estimate of drug-likeness (QED) is 0.890. The van der Waals surface area contributed by atoms with Gasteiger partial charge in [-0.15, -0.1) is 0 Å². The Morgan fingerprint density at radius 3 is 3.11 bits per heavy atom. The lowest BCUT2D eigenvalue weighted by atomic mass is 10.1. The predicted octanol–water partition coefficient (Wildman–Crippen LogP) is 2.92. The molecule has 2 rings (SSSR count). The fraction of sp³-hybridized carbons (Fsp3) is 0.600. The zero-order valence-electron chi connectivity index (χ0n) is 11.4. The Kier molecular flexibility index (Phi) is 5.16. The van der Waals surface area contributed by atoms with Gasteiger partial charge >= 0.3 is 0 Å². The van der Waals surface area contributed by atoms with Gasteiger partial charge in [0, 0.05) is 25.3 Å². The number of rotatable bonds is 5. The fourth-order valence-electron chi connectivity index (χ4n) is 2.50. The van der Waals surface area contributed by atoms with Crippen LogP contribution in [0.1, 0.15) is 31.7 Å². The number of hydrogen-bond donors (Lipinski definition) is 1. The minimum atomic E-state index is -0.302. The molecule has 1 aliphatic heterocycles. The lowest BCUT2D eigenvalue weighted by Crippen LogP contribution is -2.39. The molecule has 0 amide bonds. The highest BCUT2D eigenvalue weighted by Crippen LogP contribution is 2.22. The minimum Gasteiger partial charge on any atom is -0.508 e. The van der Waals surface area contributed by atoms with Crippen LogP contribution in [0.15, 0.2) is 18.2 Å². The zero-order valence-corrected chi connectivity index (χ0v) is 11.4. The topological polar surface area (TPSA) is 32.7 Å². The molecule has 106 valence electrons. The van der Waals surface area contributed by atoms with Crippen molar-refractivity contribution in [2.75, 3.05) is 19.7 Å². The number of benzene rings is 1. The van der Waals surface area contributed by atoms with E-state index in [0.29, 0.717) is 12.1 Å². The van der Waals surface area contributed by atoms with E-state index < -0.39 is 0 Å². The number of likely N-dealkylation sites (tertiary alicyclic amines) is 1. The van der Waals surface area contributed by atoms with Crippen LogP contribution in [0, 0.1) is 5.82 Å². The highest BCUT2D eigenvalue weighted by molar-refractivity contribution is 5.32. The second kappa shape index (κ2) is 6.87. The van der Waals surface area contributed by atoms with Gasteiger partial charge in [-0.25, -0.2) is 4.39 Å². The van der Waals surface area contributed by atoms with E-state index in [9.17, 15) is 9.50 Å². The van der Waals surface area contributed by atoms with Gasteiger partial charge in [0.2, 0.25) is 0 Å². The van der Waals surface area contributed by atoms with Gasteiger partial charge in [0.15, 0.2) is 0 Å². The van der Waals surface area contributed by atoms with Crippen LogP contribution < -0.4 is 0 Å². The van der Waals surface area contributed by atoms with Crippen LogP contribution in [0.5, 0.6) is 5.75 Å². The zero-order chi connectivity index (χ0) is 13.7. The van der Waals surface area contributed by atoms with Crippen molar-refractivity contribution in [3.05, 3.63) is 29.6 Å².